The fraction of sp³-hybridized carbons (Fsp3) is 0.978. The van der Waals surface area contributed by atoms with Crippen molar-refractivity contribution in [1.82, 2.24) is 5.32 Å². The lowest BCUT2D eigenvalue weighted by molar-refractivity contribution is -0.123. The smallest absolute Gasteiger partial charge is 0.220 e. The Hall–Kier alpha value is -0.610. The van der Waals surface area contributed by atoms with Gasteiger partial charge in [-0.05, 0) is 12.8 Å². The van der Waals surface area contributed by atoms with E-state index in [4.69, 9.17) is 0 Å². The second-order valence-electron chi connectivity index (χ2n) is 15.8. The Morgan fingerprint density at radius 3 is 0.918 bits per heavy atom. The van der Waals surface area contributed by atoms with Crippen molar-refractivity contribution in [3.63, 3.8) is 0 Å². The topological polar surface area (TPSA) is 69.6 Å². The van der Waals surface area contributed by atoms with E-state index in [2.05, 4.69) is 19.2 Å². The van der Waals surface area contributed by atoms with Crippen LogP contribution in [-0.2, 0) is 4.79 Å². The van der Waals surface area contributed by atoms with Crippen LogP contribution in [0.2, 0.25) is 0 Å². The largest absolute Gasteiger partial charge is 0.394 e. The number of amides is 1. The maximum Gasteiger partial charge on any atom is 0.220 e. The van der Waals surface area contributed by atoms with Crippen LogP contribution >= 0.6 is 0 Å². The summed E-state index contributed by atoms with van der Waals surface area (Å²) in [5, 5.41) is 23.1. The van der Waals surface area contributed by atoms with Crippen LogP contribution in [0.5, 0.6) is 0 Å². The Morgan fingerprint density at radius 1 is 0.408 bits per heavy atom. The van der Waals surface area contributed by atoms with E-state index in [1.165, 1.54) is 212 Å². The molecule has 0 fully saturated rings. The summed E-state index contributed by atoms with van der Waals surface area (Å²) in [5.41, 5.74) is 0. The van der Waals surface area contributed by atoms with Crippen LogP contribution in [0.4, 0.5) is 0 Å². The molecule has 0 aromatic heterocycles. The van der Waals surface area contributed by atoms with E-state index in [1.54, 1.807) is 0 Å². The van der Waals surface area contributed by atoms with Crippen molar-refractivity contribution in [3.05, 3.63) is 0 Å². The number of aliphatic hydroxyl groups excluding tert-OH is 2. The van der Waals surface area contributed by atoms with Crippen LogP contribution in [-0.4, -0.2) is 34.9 Å². The highest BCUT2D eigenvalue weighted by molar-refractivity contribution is 5.76. The molecule has 0 radical (unpaired) electrons. The van der Waals surface area contributed by atoms with Crippen LogP contribution in [0.1, 0.15) is 264 Å². The van der Waals surface area contributed by atoms with Gasteiger partial charge in [-0.3, -0.25) is 4.79 Å². The normalized spacial score (nSPS) is 12.8. The van der Waals surface area contributed by atoms with Crippen LogP contribution in [0.3, 0.4) is 0 Å². The van der Waals surface area contributed by atoms with Gasteiger partial charge in [0.05, 0.1) is 18.8 Å². The number of carbonyl (C=O) groups is 1. The summed E-state index contributed by atoms with van der Waals surface area (Å²) in [4.78, 5) is 12.4. The highest BCUT2D eigenvalue weighted by Gasteiger charge is 2.20. The first-order valence-corrected chi connectivity index (χ1v) is 22.7. The Kier molecular flexibility index (Phi) is 41.3. The Morgan fingerprint density at radius 2 is 0.653 bits per heavy atom. The van der Waals surface area contributed by atoms with Gasteiger partial charge in [0.15, 0.2) is 0 Å². The van der Waals surface area contributed by atoms with Gasteiger partial charge in [-0.1, -0.05) is 245 Å². The SMILES string of the molecule is CCCCCCCCCCCCCCCCCCCCCCCCCCC(=O)NC(CO)C(O)CCCCCCCCCCCCCCC. The van der Waals surface area contributed by atoms with Crippen LogP contribution in [0, 0.1) is 0 Å². The average Bonchev–Trinajstić information content (AvgIpc) is 3.10. The van der Waals surface area contributed by atoms with Crippen LogP contribution in [0.25, 0.3) is 0 Å². The summed E-state index contributed by atoms with van der Waals surface area (Å²) in [5.74, 6) is -0.0257. The second kappa shape index (κ2) is 41.8. The van der Waals surface area contributed by atoms with E-state index < -0.39 is 12.1 Å². The fourth-order valence-corrected chi connectivity index (χ4v) is 7.36. The molecule has 0 aliphatic heterocycles. The van der Waals surface area contributed by atoms with Crippen molar-refractivity contribution in [2.45, 2.75) is 276 Å². The molecule has 1 amide bonds. The molecule has 0 aromatic rings. The van der Waals surface area contributed by atoms with Gasteiger partial charge in [0.2, 0.25) is 5.91 Å². The van der Waals surface area contributed by atoms with E-state index in [1.807, 2.05) is 0 Å². The summed E-state index contributed by atoms with van der Waals surface area (Å²) in [6.45, 7) is 4.38. The molecule has 0 bridgehead atoms. The van der Waals surface area contributed by atoms with E-state index >= 15 is 0 Å². The van der Waals surface area contributed by atoms with Gasteiger partial charge in [0.1, 0.15) is 0 Å². The second-order valence-corrected chi connectivity index (χ2v) is 15.8. The number of aliphatic hydroxyl groups is 2. The first kappa shape index (κ1) is 48.4. The first-order valence-electron chi connectivity index (χ1n) is 22.7. The van der Waals surface area contributed by atoms with Crippen LogP contribution < -0.4 is 5.32 Å². The highest BCUT2D eigenvalue weighted by atomic mass is 16.3. The quantitative estimate of drug-likeness (QED) is 0.0557. The summed E-state index contributed by atoms with van der Waals surface area (Å²) >= 11 is 0. The predicted octanol–water partition coefficient (Wildman–Crippen LogP) is 14.1. The lowest BCUT2D eigenvalue weighted by Crippen LogP contribution is -2.45. The minimum absolute atomic E-state index is 0.0257. The van der Waals surface area contributed by atoms with E-state index in [9.17, 15) is 15.0 Å². The molecule has 2 unspecified atom stereocenters. The van der Waals surface area contributed by atoms with Crippen molar-refractivity contribution >= 4 is 5.91 Å². The van der Waals surface area contributed by atoms with Gasteiger partial charge >= 0.3 is 0 Å². The van der Waals surface area contributed by atoms with Crippen molar-refractivity contribution in [1.29, 1.82) is 0 Å². The third kappa shape index (κ3) is 38.5. The Bertz CT molecular complexity index is 626. The lowest BCUT2D eigenvalue weighted by Gasteiger charge is -2.22. The molecule has 0 aliphatic carbocycles. The molecule has 4 heteroatoms. The Balaban J connectivity index is 3.42. The van der Waals surface area contributed by atoms with E-state index in [0.717, 1.165) is 25.7 Å². The van der Waals surface area contributed by atoms with Crippen molar-refractivity contribution in [2.24, 2.45) is 0 Å². The molecule has 2 atom stereocenters. The first-order chi connectivity index (χ1) is 24.2. The van der Waals surface area contributed by atoms with Gasteiger partial charge in [-0.15, -0.1) is 0 Å². The lowest BCUT2D eigenvalue weighted by atomic mass is 10.0. The molecular formula is C45H91NO3. The van der Waals surface area contributed by atoms with E-state index in [0.29, 0.717) is 12.8 Å². The summed E-state index contributed by atoms with van der Waals surface area (Å²) in [6, 6.07) is -0.529. The number of rotatable bonds is 42. The molecule has 4 nitrogen and oxygen atoms in total. The average molecular weight is 694 g/mol. The third-order valence-corrected chi connectivity index (χ3v) is 10.9. The fourth-order valence-electron chi connectivity index (χ4n) is 7.36. The standard InChI is InChI=1S/C45H91NO3/c1-3-5-7-9-11-13-15-17-18-19-20-21-22-23-24-25-26-27-29-31-33-35-37-39-41-45(49)46-43(42-47)44(48)40-38-36-34-32-30-28-16-14-12-10-8-6-4-2/h43-44,47-48H,3-42H2,1-2H3,(H,46,49). The molecule has 294 valence electrons. The molecule has 3 N–H and O–H groups in total. The molecule has 0 rings (SSSR count). The zero-order chi connectivity index (χ0) is 35.7. The van der Waals surface area contributed by atoms with Crippen molar-refractivity contribution < 1.29 is 15.0 Å². The predicted molar refractivity (Wildman–Crippen MR) is 216 cm³/mol. The van der Waals surface area contributed by atoms with Gasteiger partial charge in [0.25, 0.3) is 0 Å². The highest BCUT2D eigenvalue weighted by Crippen LogP contribution is 2.17. The van der Waals surface area contributed by atoms with Crippen LogP contribution in [0.15, 0.2) is 0 Å². The molecule has 0 aliphatic rings. The zero-order valence-corrected chi connectivity index (χ0v) is 33.7. The molecule has 0 saturated carbocycles. The van der Waals surface area contributed by atoms with Crippen molar-refractivity contribution in [2.75, 3.05) is 6.61 Å². The molecule has 0 aromatic carbocycles. The minimum Gasteiger partial charge on any atom is -0.394 e. The van der Waals surface area contributed by atoms with E-state index in [-0.39, 0.29) is 12.5 Å². The third-order valence-electron chi connectivity index (χ3n) is 10.9. The van der Waals surface area contributed by atoms with Gasteiger partial charge in [0, 0.05) is 6.42 Å². The van der Waals surface area contributed by atoms with Gasteiger partial charge in [-0.2, -0.15) is 0 Å². The summed E-state index contributed by atoms with van der Waals surface area (Å²) in [7, 11) is 0. The minimum atomic E-state index is -0.652. The summed E-state index contributed by atoms with van der Waals surface area (Å²) < 4.78 is 0. The monoisotopic (exact) mass is 694 g/mol. The molecule has 49 heavy (non-hydrogen) atoms. The molecule has 0 spiro atoms. The number of hydrogen-bond acceptors (Lipinski definition) is 3. The maximum absolute atomic E-state index is 12.4. The number of carbonyl (C=O) groups excluding carboxylic acids is 1. The van der Waals surface area contributed by atoms with Crippen molar-refractivity contribution in [3.8, 4) is 0 Å². The number of unbranched alkanes of at least 4 members (excludes halogenated alkanes) is 35. The van der Waals surface area contributed by atoms with Gasteiger partial charge in [-0.25, -0.2) is 0 Å². The maximum atomic E-state index is 12.4. The number of hydrogen-bond donors (Lipinski definition) is 3. The number of nitrogens with one attached hydrogen (secondary N) is 1. The zero-order valence-electron chi connectivity index (χ0n) is 33.7. The summed E-state index contributed by atoms with van der Waals surface area (Å²) in [6.07, 6.45) is 50.5. The Labute approximate surface area is 308 Å². The molecule has 0 saturated heterocycles. The molecule has 0 heterocycles. The molecular weight excluding hydrogens is 602 g/mol. The van der Waals surface area contributed by atoms with Gasteiger partial charge < -0.3 is 15.5 Å².